The fourth-order valence-electron chi connectivity index (χ4n) is 3.40. The zero-order valence-electron chi connectivity index (χ0n) is 14.1. The van der Waals surface area contributed by atoms with E-state index in [2.05, 4.69) is 74.3 Å². The predicted octanol–water partition coefficient (Wildman–Crippen LogP) is 4.25. The van der Waals surface area contributed by atoms with Crippen molar-refractivity contribution < 1.29 is 5.11 Å². The Morgan fingerprint density at radius 3 is 2.04 bits per heavy atom. The van der Waals surface area contributed by atoms with Gasteiger partial charge in [0.25, 0.3) is 0 Å². The smallest absolute Gasteiger partial charge is 0.107 e. The van der Waals surface area contributed by atoms with Crippen molar-refractivity contribution in [1.82, 2.24) is 0 Å². The highest BCUT2D eigenvalue weighted by Gasteiger charge is 2.41. The summed E-state index contributed by atoms with van der Waals surface area (Å²) >= 11 is 0. The molecule has 2 atom stereocenters. The molecular formula is C21H26OSi. The first kappa shape index (κ1) is 16.2. The molecule has 120 valence electrons. The van der Waals surface area contributed by atoms with Crippen LogP contribution in [0, 0.1) is 5.92 Å². The summed E-state index contributed by atoms with van der Waals surface area (Å²) in [6, 6.07) is 21.1. The highest BCUT2D eigenvalue weighted by molar-refractivity contribution is 6.95. The van der Waals surface area contributed by atoms with Crippen LogP contribution in [-0.4, -0.2) is 19.3 Å². The fourth-order valence-corrected chi connectivity index (χ4v) is 5.92. The quantitative estimate of drug-likeness (QED) is 0.788. The molecule has 0 bridgehead atoms. The maximum absolute atomic E-state index is 10.9. The summed E-state index contributed by atoms with van der Waals surface area (Å²) < 4.78 is 0. The molecule has 0 unspecified atom stereocenters. The van der Waals surface area contributed by atoms with Gasteiger partial charge in [0.15, 0.2) is 0 Å². The third kappa shape index (κ3) is 3.33. The molecule has 0 aliphatic heterocycles. The molecule has 1 fully saturated rings. The van der Waals surface area contributed by atoms with Crippen molar-refractivity contribution in [3.63, 3.8) is 0 Å². The van der Waals surface area contributed by atoms with Crippen molar-refractivity contribution in [3.8, 4) is 0 Å². The van der Waals surface area contributed by atoms with Gasteiger partial charge in [-0.3, -0.25) is 0 Å². The number of hydrogen-bond acceptors (Lipinski definition) is 1. The second-order valence-electron chi connectivity index (χ2n) is 7.23. The first-order valence-electron chi connectivity index (χ1n) is 8.49. The Hall–Kier alpha value is -1.64. The van der Waals surface area contributed by atoms with Gasteiger partial charge in [0.2, 0.25) is 0 Å². The van der Waals surface area contributed by atoms with Crippen LogP contribution in [0.5, 0.6) is 0 Å². The summed E-state index contributed by atoms with van der Waals surface area (Å²) in [4.78, 5) is 0. The molecule has 1 saturated carbocycles. The number of hydrogen-bond donors (Lipinski definition) is 1. The fraction of sp³-hybridized carbons (Fsp3) is 0.333. The average molecular weight is 323 g/mol. The van der Waals surface area contributed by atoms with Gasteiger partial charge in [-0.1, -0.05) is 84.1 Å². The topological polar surface area (TPSA) is 20.2 Å². The highest BCUT2D eigenvalue weighted by Crippen LogP contribution is 2.43. The van der Waals surface area contributed by atoms with E-state index in [0.717, 1.165) is 12.8 Å². The second kappa shape index (κ2) is 6.46. The summed E-state index contributed by atoms with van der Waals surface area (Å²) in [6.07, 6.45) is 1.98. The van der Waals surface area contributed by atoms with E-state index in [1.54, 1.807) is 0 Å². The summed E-state index contributed by atoms with van der Waals surface area (Å²) in [7, 11) is -1.86. The lowest BCUT2D eigenvalue weighted by Crippen LogP contribution is -2.47. The third-order valence-electron chi connectivity index (χ3n) is 5.28. The van der Waals surface area contributed by atoms with Crippen molar-refractivity contribution in [2.24, 2.45) is 5.92 Å². The van der Waals surface area contributed by atoms with E-state index in [9.17, 15) is 5.11 Å². The van der Waals surface area contributed by atoms with Gasteiger partial charge in [-0.05, 0) is 24.3 Å². The van der Waals surface area contributed by atoms with Crippen LogP contribution in [0.3, 0.4) is 0 Å². The van der Waals surface area contributed by atoms with Crippen molar-refractivity contribution in [3.05, 3.63) is 78.0 Å². The molecule has 0 heterocycles. The first-order valence-corrected chi connectivity index (χ1v) is 11.5. The molecule has 0 spiro atoms. The maximum Gasteiger partial charge on any atom is 0.107 e. The van der Waals surface area contributed by atoms with Crippen LogP contribution in [0.2, 0.25) is 13.1 Å². The van der Waals surface area contributed by atoms with Gasteiger partial charge >= 0.3 is 0 Å². The van der Waals surface area contributed by atoms with Gasteiger partial charge in [-0.15, -0.1) is 6.58 Å². The van der Waals surface area contributed by atoms with Gasteiger partial charge < -0.3 is 5.11 Å². The van der Waals surface area contributed by atoms with Gasteiger partial charge in [0, 0.05) is 5.92 Å². The highest BCUT2D eigenvalue weighted by atomic mass is 28.3. The SMILES string of the molecule is C=C([C@@H](c1ccccc1)[C@H](O)C1CC1)[Si](C)(C)c1ccccc1. The monoisotopic (exact) mass is 322 g/mol. The molecule has 0 amide bonds. The van der Waals surface area contributed by atoms with E-state index in [-0.39, 0.29) is 12.0 Å². The minimum Gasteiger partial charge on any atom is -0.392 e. The van der Waals surface area contributed by atoms with Crippen LogP contribution >= 0.6 is 0 Å². The molecule has 0 aromatic heterocycles. The molecule has 1 nitrogen and oxygen atoms in total. The molecule has 1 aliphatic carbocycles. The maximum atomic E-state index is 10.9. The van der Waals surface area contributed by atoms with Crippen molar-refractivity contribution in [1.29, 1.82) is 0 Å². The van der Waals surface area contributed by atoms with Crippen LogP contribution in [-0.2, 0) is 0 Å². The van der Waals surface area contributed by atoms with E-state index in [0.29, 0.717) is 5.92 Å². The van der Waals surface area contributed by atoms with Crippen LogP contribution in [0.1, 0.15) is 24.3 Å². The van der Waals surface area contributed by atoms with E-state index < -0.39 is 8.07 Å². The standard InChI is InChI=1S/C21H26OSi/c1-16(23(2,3)19-12-8-5-9-13-19)20(21(22)18-14-15-18)17-10-6-4-7-11-17/h4-13,18,20-22H,1,14-15H2,2-3H3/t20-,21+/m0/s1. The molecule has 1 aliphatic rings. The van der Waals surface area contributed by atoms with Crippen LogP contribution in [0.15, 0.2) is 72.4 Å². The Labute approximate surface area is 140 Å². The Balaban J connectivity index is 1.97. The molecule has 0 saturated heterocycles. The Morgan fingerprint density at radius 1 is 1.00 bits per heavy atom. The van der Waals surface area contributed by atoms with E-state index >= 15 is 0 Å². The Kier molecular flexibility index (Phi) is 4.56. The van der Waals surface area contributed by atoms with E-state index in [1.165, 1.54) is 15.9 Å². The summed E-state index contributed by atoms with van der Waals surface area (Å²) in [6.45, 7) is 9.21. The first-order chi connectivity index (χ1) is 11.0. The van der Waals surface area contributed by atoms with Gasteiger partial charge in [0.1, 0.15) is 8.07 Å². The predicted molar refractivity (Wildman–Crippen MR) is 101 cm³/mol. The summed E-state index contributed by atoms with van der Waals surface area (Å²) in [5, 5.41) is 13.6. The van der Waals surface area contributed by atoms with Gasteiger partial charge in [-0.2, -0.15) is 0 Å². The molecule has 2 aromatic rings. The number of aliphatic hydroxyl groups excluding tert-OH is 1. The average Bonchev–Trinajstić information content (AvgIpc) is 3.41. The molecule has 2 heteroatoms. The molecule has 1 N–H and O–H groups in total. The summed E-state index contributed by atoms with van der Waals surface area (Å²) in [5.41, 5.74) is 1.20. The zero-order valence-corrected chi connectivity index (χ0v) is 15.1. The van der Waals surface area contributed by atoms with Crippen LogP contribution < -0.4 is 5.19 Å². The number of benzene rings is 2. The van der Waals surface area contributed by atoms with Crippen molar-refractivity contribution >= 4 is 13.3 Å². The minimum atomic E-state index is -1.86. The zero-order chi connectivity index (χ0) is 16.4. The normalized spacial score (nSPS) is 17.5. The molecule has 23 heavy (non-hydrogen) atoms. The molecule has 2 aromatic carbocycles. The van der Waals surface area contributed by atoms with Gasteiger partial charge in [0.05, 0.1) is 6.10 Å². The lowest BCUT2D eigenvalue weighted by atomic mass is 9.90. The Bertz CT molecular complexity index is 659. The lowest BCUT2D eigenvalue weighted by Gasteiger charge is -2.35. The van der Waals surface area contributed by atoms with Crippen LogP contribution in [0.25, 0.3) is 0 Å². The second-order valence-corrected chi connectivity index (χ2v) is 11.7. The molecule has 0 radical (unpaired) electrons. The van der Waals surface area contributed by atoms with Crippen molar-refractivity contribution in [2.45, 2.75) is 38.0 Å². The van der Waals surface area contributed by atoms with Crippen molar-refractivity contribution in [2.75, 3.05) is 0 Å². The molecule has 3 rings (SSSR count). The lowest BCUT2D eigenvalue weighted by molar-refractivity contribution is 0.134. The summed E-state index contributed by atoms with van der Waals surface area (Å²) in [5.74, 6) is 0.489. The van der Waals surface area contributed by atoms with E-state index in [1.807, 2.05) is 6.07 Å². The number of rotatable bonds is 6. The van der Waals surface area contributed by atoms with Crippen LogP contribution in [0.4, 0.5) is 0 Å². The Morgan fingerprint density at radius 2 is 1.52 bits per heavy atom. The third-order valence-corrected chi connectivity index (χ3v) is 8.97. The minimum absolute atomic E-state index is 0.0468. The number of aliphatic hydroxyl groups is 1. The molecular weight excluding hydrogens is 296 g/mol. The largest absolute Gasteiger partial charge is 0.392 e. The van der Waals surface area contributed by atoms with E-state index in [4.69, 9.17) is 0 Å². The van der Waals surface area contributed by atoms with Gasteiger partial charge in [-0.25, -0.2) is 0 Å².